The van der Waals surface area contributed by atoms with Crippen molar-refractivity contribution in [3.63, 3.8) is 0 Å². The first-order chi connectivity index (χ1) is 15.0. The summed E-state index contributed by atoms with van der Waals surface area (Å²) in [5.41, 5.74) is 1.46. The van der Waals surface area contributed by atoms with Crippen molar-refractivity contribution in [3.05, 3.63) is 81.1 Å². The molecule has 3 aromatic carbocycles. The number of hydrogen-bond acceptors (Lipinski definition) is 7. The first-order valence-electron chi connectivity index (χ1n) is 9.70. The minimum absolute atomic E-state index is 0.289. The molecule has 0 aliphatic rings. The molecule has 0 aliphatic carbocycles. The van der Waals surface area contributed by atoms with Crippen molar-refractivity contribution in [2.75, 3.05) is 14.2 Å². The van der Waals surface area contributed by atoms with Crippen LogP contribution in [-0.4, -0.2) is 14.2 Å². The minimum atomic E-state index is -0.554. The Kier molecular flexibility index (Phi) is 5.58. The molecule has 1 atom stereocenters. The molecular formula is C24H21NO6. The summed E-state index contributed by atoms with van der Waals surface area (Å²) in [4.78, 5) is 23.5. The Labute approximate surface area is 178 Å². The molecule has 31 heavy (non-hydrogen) atoms. The van der Waals surface area contributed by atoms with E-state index in [-0.39, 0.29) is 6.61 Å². The fourth-order valence-corrected chi connectivity index (χ4v) is 3.47. The predicted molar refractivity (Wildman–Crippen MR) is 118 cm³/mol. The van der Waals surface area contributed by atoms with Crippen LogP contribution in [0.15, 0.2) is 69.0 Å². The van der Waals surface area contributed by atoms with Gasteiger partial charge >= 0.3 is 5.63 Å². The van der Waals surface area contributed by atoms with Crippen LogP contribution in [0.5, 0.6) is 17.2 Å². The summed E-state index contributed by atoms with van der Waals surface area (Å²) in [6.07, 6.45) is 0. The molecule has 1 heterocycles. The summed E-state index contributed by atoms with van der Waals surface area (Å²) >= 11 is 0. The molecule has 0 amide bonds. The van der Waals surface area contributed by atoms with Crippen LogP contribution in [0.4, 0.5) is 0 Å². The summed E-state index contributed by atoms with van der Waals surface area (Å²) in [5.74, 6) is 1.70. The Balaban J connectivity index is 1.77. The van der Waals surface area contributed by atoms with E-state index in [0.717, 1.165) is 11.3 Å². The second-order valence-electron chi connectivity index (χ2n) is 7.12. The molecule has 0 spiro atoms. The Bertz CT molecular complexity index is 1330. The molecule has 7 heteroatoms. The van der Waals surface area contributed by atoms with Gasteiger partial charge in [0, 0.05) is 16.8 Å². The molecule has 4 rings (SSSR count). The van der Waals surface area contributed by atoms with E-state index in [1.54, 1.807) is 51.5 Å². The average Bonchev–Trinajstić information content (AvgIpc) is 2.81. The second-order valence-corrected chi connectivity index (χ2v) is 7.12. The zero-order valence-corrected chi connectivity index (χ0v) is 17.4. The summed E-state index contributed by atoms with van der Waals surface area (Å²) in [5, 5.41) is 4.81. The van der Waals surface area contributed by atoms with E-state index in [1.807, 2.05) is 24.3 Å². The molecule has 0 N–H and O–H groups in total. The number of nitroso groups, excluding NO2 is 1. The topological polar surface area (TPSA) is 87.3 Å². The van der Waals surface area contributed by atoms with E-state index >= 15 is 0 Å². The molecule has 0 bridgehead atoms. The summed E-state index contributed by atoms with van der Waals surface area (Å²) in [6, 6.07) is 15.7. The smallest absolute Gasteiger partial charge is 0.344 e. The molecule has 0 radical (unpaired) electrons. The normalized spacial score (nSPS) is 12.0. The molecule has 0 aliphatic heterocycles. The fourth-order valence-electron chi connectivity index (χ4n) is 3.47. The maximum atomic E-state index is 12.6. The number of nitrogens with zero attached hydrogens (tertiary/aromatic N) is 1. The molecule has 158 valence electrons. The van der Waals surface area contributed by atoms with Crippen molar-refractivity contribution in [2.45, 2.75) is 19.6 Å². The van der Waals surface area contributed by atoms with Gasteiger partial charge in [0.1, 0.15) is 24.0 Å². The predicted octanol–water partition coefficient (Wildman–Crippen LogP) is 5.37. The SMILES string of the molecule is COc1cccc(COc2cc3oc(=O)c4cc(C(C)N=O)ccc4c3cc2OC)c1. The Morgan fingerprint density at radius 2 is 1.77 bits per heavy atom. The van der Waals surface area contributed by atoms with Gasteiger partial charge in [-0.2, -0.15) is 4.91 Å². The number of ether oxygens (including phenoxy) is 3. The van der Waals surface area contributed by atoms with Crippen molar-refractivity contribution >= 4 is 21.7 Å². The third-order valence-corrected chi connectivity index (χ3v) is 5.19. The number of benzene rings is 3. The lowest BCUT2D eigenvalue weighted by atomic mass is 10.0. The van der Waals surface area contributed by atoms with Gasteiger partial charge in [0.2, 0.25) is 0 Å². The van der Waals surface area contributed by atoms with Crippen LogP contribution in [0.3, 0.4) is 0 Å². The van der Waals surface area contributed by atoms with Crippen LogP contribution in [0.2, 0.25) is 0 Å². The highest BCUT2D eigenvalue weighted by Crippen LogP contribution is 2.36. The maximum absolute atomic E-state index is 12.6. The zero-order valence-electron chi connectivity index (χ0n) is 17.4. The highest BCUT2D eigenvalue weighted by molar-refractivity contribution is 6.05. The number of methoxy groups -OCH3 is 2. The lowest BCUT2D eigenvalue weighted by Gasteiger charge is -2.13. The summed E-state index contributed by atoms with van der Waals surface area (Å²) < 4.78 is 22.3. The Morgan fingerprint density at radius 1 is 0.935 bits per heavy atom. The van der Waals surface area contributed by atoms with Gasteiger partial charge in [-0.15, -0.1) is 0 Å². The van der Waals surface area contributed by atoms with Crippen molar-refractivity contribution < 1.29 is 18.6 Å². The lowest BCUT2D eigenvalue weighted by molar-refractivity contribution is 0.284. The van der Waals surface area contributed by atoms with E-state index in [1.165, 1.54) is 0 Å². The van der Waals surface area contributed by atoms with Gasteiger partial charge in [-0.1, -0.05) is 29.4 Å². The van der Waals surface area contributed by atoms with Gasteiger partial charge in [0.05, 0.1) is 19.6 Å². The first kappa shape index (κ1) is 20.4. The highest BCUT2D eigenvalue weighted by atomic mass is 16.5. The zero-order chi connectivity index (χ0) is 22.0. The van der Waals surface area contributed by atoms with Crippen LogP contribution >= 0.6 is 0 Å². The second kappa shape index (κ2) is 8.47. The quantitative estimate of drug-likeness (QED) is 0.227. The number of fused-ring (bicyclic) bond motifs is 3. The van der Waals surface area contributed by atoms with Gasteiger partial charge in [-0.05, 0) is 42.3 Å². The Morgan fingerprint density at radius 3 is 2.52 bits per heavy atom. The van der Waals surface area contributed by atoms with Crippen molar-refractivity contribution in [2.24, 2.45) is 5.18 Å². The van der Waals surface area contributed by atoms with Crippen LogP contribution in [0.25, 0.3) is 21.7 Å². The monoisotopic (exact) mass is 419 g/mol. The maximum Gasteiger partial charge on any atom is 0.344 e. The molecule has 7 nitrogen and oxygen atoms in total. The third-order valence-electron chi connectivity index (χ3n) is 5.19. The van der Waals surface area contributed by atoms with Crippen LogP contribution < -0.4 is 19.8 Å². The lowest BCUT2D eigenvalue weighted by Crippen LogP contribution is -2.03. The number of hydrogen-bond donors (Lipinski definition) is 0. The van der Waals surface area contributed by atoms with Gasteiger partial charge in [-0.3, -0.25) is 0 Å². The average molecular weight is 419 g/mol. The third kappa shape index (κ3) is 3.94. The van der Waals surface area contributed by atoms with Crippen molar-refractivity contribution in [1.29, 1.82) is 0 Å². The molecule has 1 unspecified atom stereocenters. The van der Waals surface area contributed by atoms with Crippen LogP contribution in [-0.2, 0) is 6.61 Å². The minimum Gasteiger partial charge on any atom is -0.497 e. The van der Waals surface area contributed by atoms with Crippen LogP contribution in [0, 0.1) is 4.91 Å². The van der Waals surface area contributed by atoms with Crippen molar-refractivity contribution in [3.8, 4) is 17.2 Å². The van der Waals surface area contributed by atoms with E-state index in [0.29, 0.717) is 38.8 Å². The molecular weight excluding hydrogens is 398 g/mol. The van der Waals surface area contributed by atoms with Gasteiger partial charge in [0.25, 0.3) is 0 Å². The molecule has 1 aromatic heterocycles. The van der Waals surface area contributed by atoms with Gasteiger partial charge < -0.3 is 18.6 Å². The van der Waals surface area contributed by atoms with E-state index in [9.17, 15) is 9.70 Å². The van der Waals surface area contributed by atoms with E-state index in [4.69, 9.17) is 18.6 Å². The Hall–Kier alpha value is -3.87. The fraction of sp³-hybridized carbons (Fsp3) is 0.208. The van der Waals surface area contributed by atoms with E-state index < -0.39 is 11.7 Å². The molecule has 4 aromatic rings. The molecule has 0 saturated heterocycles. The van der Waals surface area contributed by atoms with Crippen molar-refractivity contribution in [1.82, 2.24) is 0 Å². The number of rotatable bonds is 7. The van der Waals surface area contributed by atoms with Gasteiger partial charge in [0.15, 0.2) is 11.5 Å². The summed E-state index contributed by atoms with van der Waals surface area (Å²) in [6.45, 7) is 1.96. The van der Waals surface area contributed by atoms with Gasteiger partial charge in [-0.25, -0.2) is 4.79 Å². The largest absolute Gasteiger partial charge is 0.497 e. The van der Waals surface area contributed by atoms with Crippen LogP contribution in [0.1, 0.15) is 24.1 Å². The standard InChI is InChI=1S/C24H21NO6/c1-14(25-27)16-7-8-18-19-11-22(29-3)23(12-21(19)31-24(26)20(18)10-16)30-13-15-5-4-6-17(9-15)28-2/h4-12,14H,13H2,1-3H3. The molecule has 0 fully saturated rings. The van der Waals surface area contributed by atoms with E-state index in [2.05, 4.69) is 5.18 Å². The highest BCUT2D eigenvalue weighted by Gasteiger charge is 2.15. The molecule has 0 saturated carbocycles. The first-order valence-corrected chi connectivity index (χ1v) is 9.70. The summed E-state index contributed by atoms with van der Waals surface area (Å²) in [7, 11) is 3.16.